The molecule has 190 valence electrons. The molecule has 5 heteroatoms. The maximum Gasteiger partial charge on any atom is 0.343 e. The molecule has 3 aromatic carbocycles. The highest BCUT2D eigenvalue weighted by molar-refractivity contribution is 5.83. The SMILES string of the molecule is C#Cc1ccccc1C(=CCOc1ccc(OCC(=O)OC)c(C)c1)c1ccc(F)cc1.c1cc2ccc1-2. The zero-order chi connectivity index (χ0) is 26.9. The molecule has 0 atom stereocenters. The van der Waals surface area contributed by atoms with Crippen molar-refractivity contribution in [3.8, 4) is 35.0 Å². The summed E-state index contributed by atoms with van der Waals surface area (Å²) in [5, 5.41) is 0. The number of carbonyl (C=O) groups is 1. The van der Waals surface area contributed by atoms with Crippen LogP contribution in [0.2, 0.25) is 0 Å². The van der Waals surface area contributed by atoms with E-state index in [9.17, 15) is 9.18 Å². The summed E-state index contributed by atoms with van der Waals surface area (Å²) in [6, 6.07) is 27.7. The average molecular weight is 507 g/mol. The predicted octanol–water partition coefficient (Wildman–Crippen LogP) is 6.84. The van der Waals surface area contributed by atoms with Crippen molar-refractivity contribution >= 4 is 11.5 Å². The summed E-state index contributed by atoms with van der Waals surface area (Å²) in [5.74, 6) is 3.17. The zero-order valence-electron chi connectivity index (χ0n) is 21.2. The van der Waals surface area contributed by atoms with Gasteiger partial charge < -0.3 is 14.2 Å². The fourth-order valence-electron chi connectivity index (χ4n) is 3.81. The van der Waals surface area contributed by atoms with Gasteiger partial charge in [-0.3, -0.25) is 0 Å². The van der Waals surface area contributed by atoms with Crippen molar-refractivity contribution in [1.29, 1.82) is 0 Å². The first-order valence-electron chi connectivity index (χ1n) is 12.0. The summed E-state index contributed by atoms with van der Waals surface area (Å²) < 4.78 is 29.4. The van der Waals surface area contributed by atoms with Gasteiger partial charge in [-0.2, -0.15) is 0 Å². The predicted molar refractivity (Wildman–Crippen MR) is 147 cm³/mol. The average Bonchev–Trinajstić information content (AvgIpc) is 2.93. The maximum absolute atomic E-state index is 13.4. The van der Waals surface area contributed by atoms with Crippen LogP contribution in [0.1, 0.15) is 22.3 Å². The van der Waals surface area contributed by atoms with Gasteiger partial charge in [0.1, 0.15) is 23.9 Å². The van der Waals surface area contributed by atoms with Gasteiger partial charge in [-0.05, 0) is 82.8 Å². The van der Waals surface area contributed by atoms with Crippen LogP contribution in [0.5, 0.6) is 11.5 Å². The smallest absolute Gasteiger partial charge is 0.343 e. The minimum atomic E-state index is -0.449. The van der Waals surface area contributed by atoms with Gasteiger partial charge in [0.2, 0.25) is 0 Å². The lowest BCUT2D eigenvalue weighted by Gasteiger charge is -2.13. The molecule has 0 N–H and O–H groups in total. The Morgan fingerprint density at radius 2 is 1.61 bits per heavy atom. The quantitative estimate of drug-likeness (QED) is 0.171. The Morgan fingerprint density at radius 3 is 2.18 bits per heavy atom. The summed E-state index contributed by atoms with van der Waals surface area (Å²) in [6.07, 6.45) is 7.60. The molecule has 2 aliphatic rings. The number of hydrogen-bond acceptors (Lipinski definition) is 4. The van der Waals surface area contributed by atoms with Crippen molar-refractivity contribution in [1.82, 2.24) is 0 Å². The number of halogens is 1. The number of methoxy groups -OCH3 is 1. The largest absolute Gasteiger partial charge is 0.489 e. The van der Waals surface area contributed by atoms with Gasteiger partial charge in [0, 0.05) is 5.56 Å². The third-order valence-corrected chi connectivity index (χ3v) is 6.00. The molecule has 0 aromatic heterocycles. The molecule has 3 aromatic rings. The number of aryl methyl sites for hydroxylation is 1. The standard InChI is InChI=1S/C27H23FO4.C6H4/c1-4-20-7-5-6-8-24(20)25(21-9-11-22(28)12-10-21)15-16-31-23-13-14-26(19(2)17-23)32-18-27(29)30-3;1-2-6-4-3-5(1)6/h1,5-15,17H,16,18H2,2-3H3;1-4H. The lowest BCUT2D eigenvalue weighted by molar-refractivity contribution is -0.142. The van der Waals surface area contributed by atoms with Crippen molar-refractivity contribution in [2.75, 3.05) is 20.3 Å². The Bertz CT molecular complexity index is 1460. The number of rotatable bonds is 8. The number of hydrogen-bond donors (Lipinski definition) is 0. The first kappa shape index (κ1) is 26.2. The van der Waals surface area contributed by atoms with Gasteiger partial charge in [0.25, 0.3) is 0 Å². The van der Waals surface area contributed by atoms with E-state index in [1.807, 2.05) is 43.3 Å². The monoisotopic (exact) mass is 506 g/mol. The Kier molecular flexibility index (Phi) is 8.58. The highest BCUT2D eigenvalue weighted by Gasteiger charge is 2.10. The second-order valence-electron chi connectivity index (χ2n) is 8.50. The van der Waals surface area contributed by atoms with Crippen LogP contribution >= 0.6 is 0 Å². The third-order valence-electron chi connectivity index (χ3n) is 6.00. The van der Waals surface area contributed by atoms with Gasteiger partial charge in [-0.25, -0.2) is 9.18 Å². The van der Waals surface area contributed by atoms with Crippen LogP contribution in [0.3, 0.4) is 0 Å². The Morgan fingerprint density at radius 1 is 0.921 bits per heavy atom. The highest BCUT2D eigenvalue weighted by Crippen LogP contribution is 2.30. The van der Waals surface area contributed by atoms with Crippen LogP contribution in [0.25, 0.3) is 16.7 Å². The van der Waals surface area contributed by atoms with Crippen molar-refractivity contribution in [3.63, 3.8) is 0 Å². The second-order valence-corrected chi connectivity index (χ2v) is 8.50. The molecule has 2 aliphatic carbocycles. The van der Waals surface area contributed by atoms with Crippen LogP contribution in [-0.4, -0.2) is 26.3 Å². The number of fused-ring (bicyclic) bond motifs is 1. The van der Waals surface area contributed by atoms with E-state index in [1.165, 1.54) is 30.4 Å². The van der Waals surface area contributed by atoms with E-state index >= 15 is 0 Å². The summed E-state index contributed by atoms with van der Waals surface area (Å²) in [5.41, 5.74) is 6.98. The molecule has 38 heavy (non-hydrogen) atoms. The minimum Gasteiger partial charge on any atom is -0.489 e. The molecule has 0 radical (unpaired) electrons. The normalized spacial score (nSPS) is 10.9. The second kappa shape index (κ2) is 12.4. The molecule has 0 fully saturated rings. The van der Waals surface area contributed by atoms with Gasteiger partial charge in [-0.15, -0.1) is 6.42 Å². The lowest BCUT2D eigenvalue weighted by Crippen LogP contribution is -2.13. The van der Waals surface area contributed by atoms with Crippen LogP contribution < -0.4 is 9.47 Å². The molecule has 0 unspecified atom stereocenters. The van der Waals surface area contributed by atoms with E-state index in [4.69, 9.17) is 15.9 Å². The molecule has 0 aliphatic heterocycles. The van der Waals surface area contributed by atoms with E-state index in [0.29, 0.717) is 11.5 Å². The molecule has 0 saturated heterocycles. The van der Waals surface area contributed by atoms with E-state index in [0.717, 1.165) is 27.8 Å². The Hall–Kier alpha value is -4.82. The molecular formula is C33H27FO4. The Labute approximate surface area is 222 Å². The lowest BCUT2D eigenvalue weighted by atomic mass is 9.94. The summed E-state index contributed by atoms with van der Waals surface area (Å²) in [7, 11) is 1.31. The molecule has 0 spiro atoms. The molecule has 0 amide bonds. The maximum atomic E-state index is 13.4. The molecule has 4 nitrogen and oxygen atoms in total. The first-order chi connectivity index (χ1) is 18.5. The fourth-order valence-corrected chi connectivity index (χ4v) is 3.81. The van der Waals surface area contributed by atoms with Crippen LogP contribution in [0.15, 0.2) is 97.1 Å². The van der Waals surface area contributed by atoms with Crippen LogP contribution in [0.4, 0.5) is 4.39 Å². The van der Waals surface area contributed by atoms with Gasteiger partial charge in [-0.1, -0.05) is 60.5 Å². The summed E-state index contributed by atoms with van der Waals surface area (Å²) in [6.45, 7) is 1.98. The van der Waals surface area contributed by atoms with Crippen molar-refractivity contribution < 1.29 is 23.4 Å². The molecule has 5 rings (SSSR count). The van der Waals surface area contributed by atoms with E-state index in [1.54, 1.807) is 24.3 Å². The molecule has 0 heterocycles. The summed E-state index contributed by atoms with van der Waals surface area (Å²) in [4.78, 5) is 11.3. The van der Waals surface area contributed by atoms with E-state index in [-0.39, 0.29) is 19.0 Å². The van der Waals surface area contributed by atoms with Crippen LogP contribution in [-0.2, 0) is 9.53 Å². The van der Waals surface area contributed by atoms with Crippen LogP contribution in [0, 0.1) is 25.1 Å². The topological polar surface area (TPSA) is 44.8 Å². The highest BCUT2D eigenvalue weighted by atomic mass is 19.1. The molecule has 0 saturated carbocycles. The van der Waals surface area contributed by atoms with E-state index < -0.39 is 5.97 Å². The molecular weight excluding hydrogens is 479 g/mol. The zero-order valence-corrected chi connectivity index (χ0v) is 21.2. The number of terminal acetylenes is 1. The molecule has 0 bridgehead atoms. The van der Waals surface area contributed by atoms with Gasteiger partial charge >= 0.3 is 5.97 Å². The number of esters is 1. The number of carbonyl (C=O) groups excluding carboxylic acids is 1. The summed E-state index contributed by atoms with van der Waals surface area (Å²) >= 11 is 0. The van der Waals surface area contributed by atoms with Gasteiger partial charge in [0.15, 0.2) is 6.61 Å². The Balaban J connectivity index is 0.000000483. The number of ether oxygens (including phenoxy) is 3. The van der Waals surface area contributed by atoms with Crippen molar-refractivity contribution in [2.45, 2.75) is 6.92 Å². The minimum absolute atomic E-state index is 0.157. The third kappa shape index (κ3) is 6.48. The van der Waals surface area contributed by atoms with Gasteiger partial charge in [0.05, 0.1) is 7.11 Å². The number of benzene rings is 4. The first-order valence-corrected chi connectivity index (χ1v) is 12.0. The fraction of sp³-hybridized carbons (Fsp3) is 0.121. The van der Waals surface area contributed by atoms with Crippen molar-refractivity contribution in [2.24, 2.45) is 0 Å². The van der Waals surface area contributed by atoms with E-state index in [2.05, 4.69) is 34.9 Å². The van der Waals surface area contributed by atoms with Crippen molar-refractivity contribution in [3.05, 3.63) is 125 Å².